The van der Waals surface area contributed by atoms with Crippen molar-refractivity contribution in [3.63, 3.8) is 0 Å². The van der Waals surface area contributed by atoms with Crippen molar-refractivity contribution in [1.29, 1.82) is 0 Å². The van der Waals surface area contributed by atoms with Crippen molar-refractivity contribution < 1.29 is 0 Å². The van der Waals surface area contributed by atoms with Gasteiger partial charge in [0, 0.05) is 24.7 Å². The van der Waals surface area contributed by atoms with Crippen LogP contribution in [0.3, 0.4) is 0 Å². The molecule has 0 aromatic carbocycles. The lowest BCUT2D eigenvalue weighted by Crippen LogP contribution is -2.48. The fourth-order valence-electron chi connectivity index (χ4n) is 3.65. The second-order valence-electron chi connectivity index (χ2n) is 9.19. The lowest BCUT2D eigenvalue weighted by Gasteiger charge is -2.38. The van der Waals surface area contributed by atoms with Gasteiger partial charge in [0.1, 0.15) is 0 Å². The molecule has 2 heteroatoms. The normalized spacial score (nSPS) is 22.4. The number of hydrogen-bond donors (Lipinski definition) is 1. The van der Waals surface area contributed by atoms with E-state index < -0.39 is 0 Å². The van der Waals surface area contributed by atoms with Gasteiger partial charge in [-0.3, -0.25) is 4.90 Å². The Morgan fingerprint density at radius 3 is 2.24 bits per heavy atom. The average molecular weight is 295 g/mol. The Hall–Kier alpha value is -0.0800. The van der Waals surface area contributed by atoms with Gasteiger partial charge in [0.2, 0.25) is 0 Å². The van der Waals surface area contributed by atoms with Crippen molar-refractivity contribution in [3.8, 4) is 0 Å². The Kier molecular flexibility index (Phi) is 5.76. The Labute approximate surface area is 133 Å². The van der Waals surface area contributed by atoms with Crippen molar-refractivity contribution in [2.24, 2.45) is 11.3 Å². The standard InChI is InChI=1S/C19H38N2/c1-16(2)10-13-21(17-8-9-17)15-19(11-6-7-12-19)14-20-18(3,4)5/h16-17,20H,6-15H2,1-5H3. The first-order chi connectivity index (χ1) is 9.80. The first-order valence-corrected chi connectivity index (χ1v) is 9.29. The van der Waals surface area contributed by atoms with Crippen LogP contribution < -0.4 is 5.32 Å². The van der Waals surface area contributed by atoms with Gasteiger partial charge in [-0.2, -0.15) is 0 Å². The molecule has 0 aromatic heterocycles. The molecule has 21 heavy (non-hydrogen) atoms. The van der Waals surface area contributed by atoms with Gasteiger partial charge in [0.05, 0.1) is 0 Å². The summed E-state index contributed by atoms with van der Waals surface area (Å²) in [5.41, 5.74) is 0.796. The summed E-state index contributed by atoms with van der Waals surface area (Å²) in [6.45, 7) is 15.5. The smallest absolute Gasteiger partial charge is 0.00967 e. The van der Waals surface area contributed by atoms with E-state index in [1.807, 2.05) is 0 Å². The van der Waals surface area contributed by atoms with Crippen LogP contribution in [0.15, 0.2) is 0 Å². The SMILES string of the molecule is CC(C)CCN(CC1(CNC(C)(C)C)CCCC1)C1CC1. The molecule has 0 aromatic rings. The summed E-state index contributed by atoms with van der Waals surface area (Å²) in [6.07, 6.45) is 9.99. The lowest BCUT2D eigenvalue weighted by atomic mass is 9.84. The maximum absolute atomic E-state index is 3.81. The molecular formula is C19H38N2. The summed E-state index contributed by atoms with van der Waals surface area (Å²) in [5.74, 6) is 0.832. The predicted molar refractivity (Wildman–Crippen MR) is 92.7 cm³/mol. The molecule has 2 saturated carbocycles. The highest BCUT2D eigenvalue weighted by Crippen LogP contribution is 2.41. The summed E-state index contributed by atoms with van der Waals surface area (Å²) < 4.78 is 0. The average Bonchev–Trinajstić information content (AvgIpc) is 3.12. The maximum Gasteiger partial charge on any atom is 0.00967 e. The van der Waals surface area contributed by atoms with Crippen molar-refractivity contribution in [1.82, 2.24) is 10.2 Å². The number of rotatable bonds is 8. The minimum Gasteiger partial charge on any atom is -0.311 e. The molecule has 0 radical (unpaired) electrons. The molecular weight excluding hydrogens is 256 g/mol. The van der Waals surface area contributed by atoms with Gasteiger partial charge in [0.25, 0.3) is 0 Å². The highest BCUT2D eigenvalue weighted by molar-refractivity contribution is 4.95. The summed E-state index contributed by atoms with van der Waals surface area (Å²) in [6, 6.07) is 0.913. The molecule has 0 unspecified atom stereocenters. The summed E-state index contributed by atoms with van der Waals surface area (Å²) in [5, 5.41) is 3.81. The molecule has 2 aliphatic carbocycles. The molecule has 0 atom stereocenters. The van der Waals surface area contributed by atoms with E-state index in [0.29, 0.717) is 5.41 Å². The molecule has 0 saturated heterocycles. The maximum atomic E-state index is 3.81. The van der Waals surface area contributed by atoms with E-state index in [4.69, 9.17) is 0 Å². The second kappa shape index (κ2) is 7.00. The van der Waals surface area contributed by atoms with Crippen molar-refractivity contribution in [2.45, 2.75) is 91.1 Å². The van der Waals surface area contributed by atoms with Crippen LogP contribution in [0.2, 0.25) is 0 Å². The van der Waals surface area contributed by atoms with Crippen LogP contribution in [0, 0.1) is 11.3 Å². The zero-order valence-electron chi connectivity index (χ0n) is 15.2. The molecule has 0 amide bonds. The van der Waals surface area contributed by atoms with Crippen molar-refractivity contribution in [2.75, 3.05) is 19.6 Å². The summed E-state index contributed by atoms with van der Waals surface area (Å²) in [7, 11) is 0. The molecule has 2 nitrogen and oxygen atoms in total. The molecule has 2 fully saturated rings. The Bertz CT molecular complexity index is 306. The topological polar surface area (TPSA) is 15.3 Å². The minimum atomic E-state index is 0.248. The number of hydrogen-bond acceptors (Lipinski definition) is 2. The molecule has 124 valence electrons. The van der Waals surface area contributed by atoms with E-state index in [0.717, 1.165) is 12.0 Å². The lowest BCUT2D eigenvalue weighted by molar-refractivity contribution is 0.129. The van der Waals surface area contributed by atoms with Crippen LogP contribution in [-0.4, -0.2) is 36.1 Å². The molecule has 2 aliphatic rings. The number of nitrogens with one attached hydrogen (secondary N) is 1. The molecule has 0 spiro atoms. The van der Waals surface area contributed by atoms with Gasteiger partial charge < -0.3 is 5.32 Å². The molecule has 0 heterocycles. The molecule has 0 aliphatic heterocycles. The van der Waals surface area contributed by atoms with E-state index in [1.54, 1.807) is 0 Å². The summed E-state index contributed by atoms with van der Waals surface area (Å²) in [4.78, 5) is 2.84. The third kappa shape index (κ3) is 5.90. The summed E-state index contributed by atoms with van der Waals surface area (Å²) >= 11 is 0. The van der Waals surface area contributed by atoms with Gasteiger partial charge in [-0.1, -0.05) is 26.7 Å². The molecule has 0 bridgehead atoms. The molecule has 2 rings (SSSR count). The first-order valence-electron chi connectivity index (χ1n) is 9.29. The van der Waals surface area contributed by atoms with E-state index in [1.165, 1.54) is 64.6 Å². The van der Waals surface area contributed by atoms with Crippen LogP contribution in [-0.2, 0) is 0 Å². The third-order valence-corrected chi connectivity index (χ3v) is 5.25. The highest BCUT2D eigenvalue weighted by Gasteiger charge is 2.39. The molecule has 1 N–H and O–H groups in total. The van der Waals surface area contributed by atoms with Crippen LogP contribution in [0.1, 0.15) is 79.6 Å². The second-order valence-corrected chi connectivity index (χ2v) is 9.19. The van der Waals surface area contributed by atoms with Gasteiger partial charge >= 0.3 is 0 Å². The number of nitrogens with zero attached hydrogens (tertiary/aromatic N) is 1. The third-order valence-electron chi connectivity index (χ3n) is 5.25. The van der Waals surface area contributed by atoms with Gasteiger partial charge in [-0.15, -0.1) is 0 Å². The van der Waals surface area contributed by atoms with Crippen LogP contribution in [0.4, 0.5) is 0 Å². The first kappa shape index (κ1) is 17.3. The van der Waals surface area contributed by atoms with Crippen molar-refractivity contribution >= 4 is 0 Å². The Balaban J connectivity index is 1.93. The van der Waals surface area contributed by atoms with E-state index in [2.05, 4.69) is 44.8 Å². The predicted octanol–water partition coefficient (Wildman–Crippen LogP) is 4.45. The zero-order valence-corrected chi connectivity index (χ0v) is 15.2. The van der Waals surface area contributed by atoms with E-state index >= 15 is 0 Å². The van der Waals surface area contributed by atoms with Gasteiger partial charge in [-0.05, 0) is 70.8 Å². The fraction of sp³-hybridized carbons (Fsp3) is 1.00. The zero-order chi connectivity index (χ0) is 15.5. The Morgan fingerprint density at radius 1 is 1.14 bits per heavy atom. The quantitative estimate of drug-likeness (QED) is 0.711. The largest absolute Gasteiger partial charge is 0.311 e. The van der Waals surface area contributed by atoms with Crippen LogP contribution in [0.25, 0.3) is 0 Å². The fourth-order valence-corrected chi connectivity index (χ4v) is 3.65. The van der Waals surface area contributed by atoms with Gasteiger partial charge in [-0.25, -0.2) is 0 Å². The highest BCUT2D eigenvalue weighted by atomic mass is 15.2. The van der Waals surface area contributed by atoms with E-state index in [9.17, 15) is 0 Å². The van der Waals surface area contributed by atoms with Crippen LogP contribution >= 0.6 is 0 Å². The monoisotopic (exact) mass is 294 g/mol. The van der Waals surface area contributed by atoms with Crippen molar-refractivity contribution in [3.05, 3.63) is 0 Å². The van der Waals surface area contributed by atoms with Crippen LogP contribution in [0.5, 0.6) is 0 Å². The minimum absolute atomic E-state index is 0.248. The van der Waals surface area contributed by atoms with Gasteiger partial charge in [0.15, 0.2) is 0 Å². The Morgan fingerprint density at radius 2 is 1.76 bits per heavy atom. The van der Waals surface area contributed by atoms with E-state index in [-0.39, 0.29) is 5.54 Å².